The largest absolute Gasteiger partial charge is 0.360 e. The highest BCUT2D eigenvalue weighted by atomic mass is 35.5. The van der Waals surface area contributed by atoms with Gasteiger partial charge in [0, 0.05) is 22.8 Å². The molecule has 2 aromatic rings. The number of aromatic nitrogens is 2. The minimum Gasteiger partial charge on any atom is -0.360 e. The number of anilines is 1. The van der Waals surface area contributed by atoms with Gasteiger partial charge in [0.05, 0.1) is 6.54 Å². The van der Waals surface area contributed by atoms with E-state index in [1.807, 2.05) is 0 Å². The van der Waals surface area contributed by atoms with Crippen molar-refractivity contribution >= 4 is 46.4 Å². The maximum atomic E-state index is 13.8. The predicted octanol–water partition coefficient (Wildman–Crippen LogP) is 3.83. The number of benzene rings is 1. The summed E-state index contributed by atoms with van der Waals surface area (Å²) in [7, 11) is 0. The van der Waals surface area contributed by atoms with E-state index in [0.29, 0.717) is 32.6 Å². The molecule has 4 nitrogen and oxygen atoms in total. The lowest BCUT2D eigenvalue weighted by Crippen LogP contribution is -2.30. The van der Waals surface area contributed by atoms with Crippen LogP contribution in [0.2, 0.25) is 10.0 Å². The van der Waals surface area contributed by atoms with Gasteiger partial charge >= 0.3 is 0 Å². The zero-order valence-electron chi connectivity index (χ0n) is 11.4. The van der Waals surface area contributed by atoms with Crippen LogP contribution >= 0.6 is 35.4 Å². The second kappa shape index (κ2) is 6.40. The molecule has 3 rings (SSSR count). The molecule has 1 aliphatic carbocycles. The van der Waals surface area contributed by atoms with Crippen LogP contribution in [0.15, 0.2) is 24.4 Å². The van der Waals surface area contributed by atoms with Gasteiger partial charge in [-0.2, -0.15) is 5.10 Å². The van der Waals surface area contributed by atoms with Crippen molar-refractivity contribution in [1.29, 1.82) is 0 Å². The fourth-order valence-corrected chi connectivity index (χ4v) is 2.65. The molecule has 116 valence electrons. The van der Waals surface area contributed by atoms with E-state index < -0.39 is 0 Å². The molecule has 0 spiro atoms. The molecule has 0 radical (unpaired) electrons. The van der Waals surface area contributed by atoms with Crippen molar-refractivity contribution in [1.82, 2.24) is 15.1 Å². The van der Waals surface area contributed by atoms with Gasteiger partial charge in [0.25, 0.3) is 0 Å². The summed E-state index contributed by atoms with van der Waals surface area (Å²) >= 11 is 17.3. The fraction of sp³-hybridized carbons (Fsp3) is 0.286. The smallest absolute Gasteiger partial charge is 0.173 e. The first kappa shape index (κ1) is 15.5. The molecule has 1 heterocycles. The molecule has 0 aliphatic heterocycles. The Hall–Kier alpha value is -1.37. The van der Waals surface area contributed by atoms with Crippen LogP contribution in [0.1, 0.15) is 18.4 Å². The standard InChI is InChI=1S/C14H13Cl2FN4S/c15-10-2-1-3-12(17)9(10)6-21-7-11(16)13(20-21)19-14(22)18-8-4-5-8/h1-3,7-8H,4-6H2,(H2,18,19,20,22). The normalized spacial score (nSPS) is 14.0. The van der Waals surface area contributed by atoms with E-state index in [-0.39, 0.29) is 12.4 Å². The van der Waals surface area contributed by atoms with Crippen molar-refractivity contribution in [3.8, 4) is 0 Å². The van der Waals surface area contributed by atoms with Gasteiger partial charge in [-0.25, -0.2) is 4.39 Å². The Labute approximate surface area is 142 Å². The van der Waals surface area contributed by atoms with Gasteiger partial charge in [-0.1, -0.05) is 29.3 Å². The highest BCUT2D eigenvalue weighted by molar-refractivity contribution is 7.80. The van der Waals surface area contributed by atoms with Crippen molar-refractivity contribution in [2.24, 2.45) is 0 Å². The van der Waals surface area contributed by atoms with Gasteiger partial charge in [0.2, 0.25) is 0 Å². The molecule has 1 aromatic carbocycles. The predicted molar refractivity (Wildman–Crippen MR) is 90.1 cm³/mol. The molecule has 1 fully saturated rings. The van der Waals surface area contributed by atoms with Gasteiger partial charge in [-0.05, 0) is 37.2 Å². The zero-order valence-corrected chi connectivity index (χ0v) is 13.8. The number of hydrogen-bond donors (Lipinski definition) is 2. The number of nitrogens with one attached hydrogen (secondary N) is 2. The number of hydrogen-bond acceptors (Lipinski definition) is 2. The summed E-state index contributed by atoms with van der Waals surface area (Å²) in [6, 6.07) is 5.00. The highest BCUT2D eigenvalue weighted by Gasteiger charge is 2.22. The molecular weight excluding hydrogens is 346 g/mol. The van der Waals surface area contributed by atoms with E-state index in [1.165, 1.54) is 10.7 Å². The fourth-order valence-electron chi connectivity index (χ4n) is 1.96. The Kier molecular flexibility index (Phi) is 4.52. The van der Waals surface area contributed by atoms with Crippen molar-refractivity contribution < 1.29 is 4.39 Å². The van der Waals surface area contributed by atoms with Crippen LogP contribution in [-0.4, -0.2) is 20.9 Å². The number of rotatable bonds is 4. The second-order valence-corrected chi connectivity index (χ2v) is 6.32. The van der Waals surface area contributed by atoms with Crippen LogP contribution in [-0.2, 0) is 6.54 Å². The maximum Gasteiger partial charge on any atom is 0.173 e. The lowest BCUT2D eigenvalue weighted by Gasteiger charge is -2.08. The molecule has 8 heteroatoms. The van der Waals surface area contributed by atoms with E-state index in [2.05, 4.69) is 15.7 Å². The number of nitrogens with zero attached hydrogens (tertiary/aromatic N) is 2. The Morgan fingerprint density at radius 1 is 1.36 bits per heavy atom. The van der Waals surface area contributed by atoms with Crippen molar-refractivity contribution in [3.05, 3.63) is 45.8 Å². The summed E-state index contributed by atoms with van der Waals surface area (Å²) in [5, 5.41) is 11.6. The van der Waals surface area contributed by atoms with E-state index >= 15 is 0 Å². The molecule has 0 bridgehead atoms. The zero-order chi connectivity index (χ0) is 15.7. The van der Waals surface area contributed by atoms with Crippen LogP contribution < -0.4 is 10.6 Å². The summed E-state index contributed by atoms with van der Waals surface area (Å²) < 4.78 is 15.3. The summed E-state index contributed by atoms with van der Waals surface area (Å²) in [5.74, 6) is 0.0619. The number of thiocarbonyl (C=S) groups is 1. The Balaban J connectivity index is 1.72. The van der Waals surface area contributed by atoms with Gasteiger partial charge < -0.3 is 10.6 Å². The topological polar surface area (TPSA) is 41.9 Å². The second-order valence-electron chi connectivity index (χ2n) is 5.10. The van der Waals surface area contributed by atoms with Crippen LogP contribution in [0, 0.1) is 5.82 Å². The Bertz CT molecular complexity index is 695. The van der Waals surface area contributed by atoms with E-state index in [9.17, 15) is 4.39 Å². The molecular formula is C14H13Cl2FN4S. The SMILES string of the molecule is Fc1cccc(Cl)c1Cn1cc(Cl)c(NC(=S)NC2CC2)n1. The first-order valence-electron chi connectivity index (χ1n) is 6.76. The molecule has 2 N–H and O–H groups in total. The van der Waals surface area contributed by atoms with Gasteiger partial charge in [-0.3, -0.25) is 4.68 Å². The number of halogens is 3. The van der Waals surface area contributed by atoms with Crippen LogP contribution in [0.3, 0.4) is 0 Å². The average molecular weight is 359 g/mol. The Morgan fingerprint density at radius 2 is 2.14 bits per heavy atom. The van der Waals surface area contributed by atoms with Crippen molar-refractivity contribution in [3.63, 3.8) is 0 Å². The lowest BCUT2D eigenvalue weighted by molar-refractivity contribution is 0.586. The third kappa shape index (κ3) is 3.69. The summed E-state index contributed by atoms with van der Waals surface area (Å²) in [6.07, 6.45) is 3.85. The van der Waals surface area contributed by atoms with Gasteiger partial charge in [0.15, 0.2) is 10.9 Å². The van der Waals surface area contributed by atoms with Gasteiger partial charge in [-0.15, -0.1) is 0 Å². The molecule has 0 atom stereocenters. The quantitative estimate of drug-likeness (QED) is 0.815. The molecule has 1 aliphatic rings. The molecule has 0 saturated heterocycles. The van der Waals surface area contributed by atoms with Crippen LogP contribution in [0.25, 0.3) is 0 Å². The van der Waals surface area contributed by atoms with Gasteiger partial charge in [0.1, 0.15) is 10.8 Å². The van der Waals surface area contributed by atoms with E-state index in [0.717, 1.165) is 12.8 Å². The first-order valence-corrected chi connectivity index (χ1v) is 7.92. The monoisotopic (exact) mass is 358 g/mol. The molecule has 22 heavy (non-hydrogen) atoms. The molecule has 0 amide bonds. The molecule has 1 saturated carbocycles. The lowest BCUT2D eigenvalue weighted by atomic mass is 10.2. The minimum absolute atomic E-state index is 0.190. The average Bonchev–Trinajstić information content (AvgIpc) is 3.19. The minimum atomic E-state index is -0.375. The Morgan fingerprint density at radius 3 is 2.82 bits per heavy atom. The van der Waals surface area contributed by atoms with Crippen LogP contribution in [0.4, 0.5) is 10.2 Å². The summed E-state index contributed by atoms with van der Waals surface area (Å²) in [5.41, 5.74) is 0.369. The molecule has 0 unspecified atom stereocenters. The third-order valence-electron chi connectivity index (χ3n) is 3.24. The summed E-state index contributed by atoms with van der Waals surface area (Å²) in [6.45, 7) is 0.190. The maximum absolute atomic E-state index is 13.8. The van der Waals surface area contributed by atoms with Crippen molar-refractivity contribution in [2.75, 3.05) is 5.32 Å². The van der Waals surface area contributed by atoms with Crippen LogP contribution in [0.5, 0.6) is 0 Å². The van der Waals surface area contributed by atoms with Crippen molar-refractivity contribution in [2.45, 2.75) is 25.4 Å². The van der Waals surface area contributed by atoms with E-state index in [1.54, 1.807) is 18.3 Å². The third-order valence-corrected chi connectivity index (χ3v) is 4.09. The highest BCUT2D eigenvalue weighted by Crippen LogP contribution is 2.24. The summed E-state index contributed by atoms with van der Waals surface area (Å²) in [4.78, 5) is 0. The molecule has 1 aromatic heterocycles. The van der Waals surface area contributed by atoms with E-state index in [4.69, 9.17) is 35.4 Å². The first-order chi connectivity index (χ1) is 10.5.